The zero-order valence-electron chi connectivity index (χ0n) is 8.56. The van der Waals surface area contributed by atoms with Gasteiger partial charge in [0.1, 0.15) is 0 Å². The molecule has 0 atom stereocenters. The summed E-state index contributed by atoms with van der Waals surface area (Å²) in [7, 11) is 0. The molecule has 0 aliphatic carbocycles. The van der Waals surface area contributed by atoms with Crippen LogP contribution in [0, 0.1) is 13.8 Å². The zero-order valence-corrected chi connectivity index (χ0v) is 10.1. The summed E-state index contributed by atoms with van der Waals surface area (Å²) in [6, 6.07) is 3.89. The Hall–Kier alpha value is -0.830. The fraction of sp³-hybridized carbons (Fsp3) is 0.364. The first-order chi connectivity index (χ1) is 6.56. The van der Waals surface area contributed by atoms with Crippen molar-refractivity contribution in [1.29, 1.82) is 0 Å². The van der Waals surface area contributed by atoms with E-state index in [9.17, 15) is 4.79 Å². The van der Waals surface area contributed by atoms with Gasteiger partial charge in [0, 0.05) is 4.47 Å². The predicted octanol–water partition coefficient (Wildman–Crippen LogP) is 3.24. The molecule has 0 saturated carbocycles. The van der Waals surface area contributed by atoms with Crippen molar-refractivity contribution in [3.05, 3.63) is 33.3 Å². The van der Waals surface area contributed by atoms with Crippen LogP contribution in [0.15, 0.2) is 16.6 Å². The molecular formula is C11H13BrO2. The van der Waals surface area contributed by atoms with E-state index in [0.29, 0.717) is 12.2 Å². The molecule has 0 aromatic heterocycles. The third-order valence-electron chi connectivity index (χ3n) is 1.91. The van der Waals surface area contributed by atoms with Crippen molar-refractivity contribution >= 4 is 21.9 Å². The van der Waals surface area contributed by atoms with E-state index in [1.807, 2.05) is 26.0 Å². The number of benzene rings is 1. The van der Waals surface area contributed by atoms with Gasteiger partial charge in [-0.25, -0.2) is 4.79 Å². The SMILES string of the molecule is CCOC(=O)c1c(C)cc(C)cc1Br. The van der Waals surface area contributed by atoms with Gasteiger partial charge in [0.15, 0.2) is 0 Å². The maximum atomic E-state index is 11.5. The zero-order chi connectivity index (χ0) is 10.7. The largest absolute Gasteiger partial charge is 0.462 e. The second kappa shape index (κ2) is 4.60. The number of carbonyl (C=O) groups is 1. The molecule has 0 radical (unpaired) electrons. The molecule has 0 aliphatic heterocycles. The Labute approximate surface area is 92.4 Å². The molecule has 0 fully saturated rings. The molecule has 1 aromatic rings. The molecule has 0 N–H and O–H groups in total. The highest BCUT2D eigenvalue weighted by Crippen LogP contribution is 2.23. The predicted molar refractivity (Wildman–Crippen MR) is 59.6 cm³/mol. The van der Waals surface area contributed by atoms with E-state index in [1.54, 1.807) is 6.92 Å². The summed E-state index contributed by atoms with van der Waals surface area (Å²) in [6.07, 6.45) is 0. The third-order valence-corrected chi connectivity index (χ3v) is 2.54. The number of esters is 1. The van der Waals surface area contributed by atoms with Crippen molar-refractivity contribution in [3.63, 3.8) is 0 Å². The van der Waals surface area contributed by atoms with Crippen molar-refractivity contribution in [3.8, 4) is 0 Å². The second-order valence-corrected chi connectivity index (χ2v) is 4.01. The highest BCUT2D eigenvalue weighted by molar-refractivity contribution is 9.10. The lowest BCUT2D eigenvalue weighted by atomic mass is 10.1. The van der Waals surface area contributed by atoms with Gasteiger partial charge in [0.2, 0.25) is 0 Å². The minimum atomic E-state index is -0.267. The van der Waals surface area contributed by atoms with Crippen molar-refractivity contribution in [1.82, 2.24) is 0 Å². The lowest BCUT2D eigenvalue weighted by molar-refractivity contribution is 0.0524. The van der Waals surface area contributed by atoms with Gasteiger partial charge in [-0.05, 0) is 53.9 Å². The number of carbonyl (C=O) groups excluding carboxylic acids is 1. The van der Waals surface area contributed by atoms with E-state index in [-0.39, 0.29) is 5.97 Å². The third kappa shape index (κ3) is 2.35. The van der Waals surface area contributed by atoms with Crippen LogP contribution in [0.25, 0.3) is 0 Å². The first kappa shape index (κ1) is 11.2. The molecular weight excluding hydrogens is 244 g/mol. The lowest BCUT2D eigenvalue weighted by Gasteiger charge is -2.08. The van der Waals surface area contributed by atoms with Crippen LogP contribution in [-0.2, 0) is 4.74 Å². The van der Waals surface area contributed by atoms with Gasteiger partial charge >= 0.3 is 5.97 Å². The quantitative estimate of drug-likeness (QED) is 0.760. The second-order valence-electron chi connectivity index (χ2n) is 3.16. The number of hydrogen-bond donors (Lipinski definition) is 0. The summed E-state index contributed by atoms with van der Waals surface area (Å²) in [5, 5.41) is 0. The lowest BCUT2D eigenvalue weighted by Crippen LogP contribution is -2.07. The van der Waals surface area contributed by atoms with Gasteiger partial charge in [0.05, 0.1) is 12.2 Å². The Bertz CT molecular complexity index is 335. The molecule has 2 nitrogen and oxygen atoms in total. The average molecular weight is 257 g/mol. The summed E-state index contributed by atoms with van der Waals surface area (Å²) in [4.78, 5) is 11.5. The van der Waals surface area contributed by atoms with Crippen molar-refractivity contribution in [2.45, 2.75) is 20.8 Å². The van der Waals surface area contributed by atoms with E-state index >= 15 is 0 Å². The number of halogens is 1. The van der Waals surface area contributed by atoms with Crippen molar-refractivity contribution in [2.75, 3.05) is 6.61 Å². The van der Waals surface area contributed by atoms with Crippen LogP contribution in [0.1, 0.15) is 28.4 Å². The molecule has 0 unspecified atom stereocenters. The summed E-state index contributed by atoms with van der Waals surface area (Å²) < 4.78 is 5.76. The molecule has 0 bridgehead atoms. The molecule has 76 valence electrons. The minimum Gasteiger partial charge on any atom is -0.462 e. The normalized spacial score (nSPS) is 10.0. The average Bonchev–Trinajstić information content (AvgIpc) is 2.01. The smallest absolute Gasteiger partial charge is 0.339 e. The minimum absolute atomic E-state index is 0.267. The van der Waals surface area contributed by atoms with Gasteiger partial charge in [-0.15, -0.1) is 0 Å². The fourth-order valence-electron chi connectivity index (χ4n) is 1.38. The maximum Gasteiger partial charge on any atom is 0.339 e. The number of aryl methyl sites for hydroxylation is 2. The Kier molecular flexibility index (Phi) is 3.69. The van der Waals surface area contributed by atoms with E-state index in [4.69, 9.17) is 4.74 Å². The van der Waals surface area contributed by atoms with Crippen LogP contribution in [-0.4, -0.2) is 12.6 Å². The summed E-state index contributed by atoms with van der Waals surface area (Å²) in [5.74, 6) is -0.267. The number of hydrogen-bond acceptors (Lipinski definition) is 2. The van der Waals surface area contributed by atoms with Crippen LogP contribution in [0.5, 0.6) is 0 Å². The first-order valence-electron chi connectivity index (χ1n) is 4.50. The monoisotopic (exact) mass is 256 g/mol. The van der Waals surface area contributed by atoms with Crippen LogP contribution in [0.4, 0.5) is 0 Å². The Balaban J connectivity index is 3.14. The molecule has 14 heavy (non-hydrogen) atoms. The first-order valence-corrected chi connectivity index (χ1v) is 5.29. The van der Waals surface area contributed by atoms with Gasteiger partial charge in [-0.3, -0.25) is 0 Å². The van der Waals surface area contributed by atoms with Gasteiger partial charge < -0.3 is 4.74 Å². The standard InChI is InChI=1S/C11H13BrO2/c1-4-14-11(13)10-8(3)5-7(2)6-9(10)12/h5-6H,4H2,1-3H3. The molecule has 0 amide bonds. The van der Waals surface area contributed by atoms with Gasteiger partial charge in [0.25, 0.3) is 0 Å². The number of rotatable bonds is 2. The number of ether oxygens (including phenoxy) is 1. The Morgan fingerprint density at radius 1 is 1.43 bits per heavy atom. The Morgan fingerprint density at radius 3 is 2.57 bits per heavy atom. The fourth-order valence-corrected chi connectivity index (χ4v) is 2.21. The molecule has 1 rings (SSSR count). The van der Waals surface area contributed by atoms with Crippen molar-refractivity contribution in [2.24, 2.45) is 0 Å². The van der Waals surface area contributed by atoms with Gasteiger partial charge in [-0.2, -0.15) is 0 Å². The van der Waals surface area contributed by atoms with Gasteiger partial charge in [-0.1, -0.05) is 6.07 Å². The summed E-state index contributed by atoms with van der Waals surface area (Å²) >= 11 is 3.37. The molecule has 3 heteroatoms. The van der Waals surface area contributed by atoms with Crippen molar-refractivity contribution < 1.29 is 9.53 Å². The van der Waals surface area contributed by atoms with Crippen LogP contribution < -0.4 is 0 Å². The molecule has 1 aromatic carbocycles. The molecule has 0 heterocycles. The highest BCUT2D eigenvalue weighted by Gasteiger charge is 2.14. The molecule has 0 saturated heterocycles. The van der Waals surface area contributed by atoms with Crippen LogP contribution >= 0.6 is 15.9 Å². The van der Waals surface area contributed by atoms with Crippen LogP contribution in [0.2, 0.25) is 0 Å². The summed E-state index contributed by atoms with van der Waals surface area (Å²) in [5.41, 5.74) is 2.69. The van der Waals surface area contributed by atoms with E-state index < -0.39 is 0 Å². The Morgan fingerprint density at radius 2 is 2.07 bits per heavy atom. The highest BCUT2D eigenvalue weighted by atomic mass is 79.9. The summed E-state index contributed by atoms with van der Waals surface area (Å²) in [6.45, 7) is 6.10. The van der Waals surface area contributed by atoms with E-state index in [0.717, 1.165) is 15.6 Å². The van der Waals surface area contributed by atoms with E-state index in [2.05, 4.69) is 15.9 Å². The maximum absolute atomic E-state index is 11.5. The topological polar surface area (TPSA) is 26.3 Å². The molecule has 0 spiro atoms. The molecule has 0 aliphatic rings. The van der Waals surface area contributed by atoms with E-state index in [1.165, 1.54) is 0 Å². The van der Waals surface area contributed by atoms with Crippen LogP contribution in [0.3, 0.4) is 0 Å².